The van der Waals surface area contributed by atoms with Gasteiger partial charge in [0.05, 0.1) is 32.3 Å². The van der Waals surface area contributed by atoms with Crippen LogP contribution in [0.3, 0.4) is 0 Å². The number of aliphatic carboxylic acids is 1. The van der Waals surface area contributed by atoms with Crippen LogP contribution in [0.25, 0.3) is 0 Å². The van der Waals surface area contributed by atoms with Crippen LogP contribution in [0, 0.1) is 57.2 Å². The number of carboxylic acids is 1. The number of ether oxygens (including phenoxy) is 1. The van der Waals surface area contributed by atoms with E-state index in [1.54, 1.807) is 4.80 Å². The highest BCUT2D eigenvalue weighted by molar-refractivity contribution is 5.73. The minimum atomic E-state index is -0.804. The Morgan fingerprint density at radius 2 is 1.78 bits per heavy atom. The van der Waals surface area contributed by atoms with Gasteiger partial charge >= 0.3 is 5.97 Å². The lowest BCUT2D eigenvalue weighted by atomic mass is 9.35. The molecular formula is C39H70N6O5. The molecular weight excluding hydrogens is 632 g/mol. The quantitative estimate of drug-likeness (QED) is 0.130. The normalized spacial score (nSPS) is 35.9. The molecule has 11 nitrogen and oxygen atoms in total. The number of β-amino-alcohol motifs (C(OH)–C–C–N with tert-alkyl or cyclic N) is 1. The number of aromatic nitrogens is 4. The summed E-state index contributed by atoms with van der Waals surface area (Å²) in [5, 5.41) is 48.7. The molecule has 50 heavy (non-hydrogen) atoms. The molecule has 1 aromatic rings. The third kappa shape index (κ3) is 6.66. The summed E-state index contributed by atoms with van der Waals surface area (Å²) in [5.74, 6) is 0.167. The molecule has 0 aliphatic heterocycles. The average molecular weight is 703 g/mol. The summed E-state index contributed by atoms with van der Waals surface area (Å²) < 4.78 is 6.57. The molecule has 0 spiro atoms. The van der Waals surface area contributed by atoms with Crippen molar-refractivity contribution < 1.29 is 24.9 Å². The second kappa shape index (κ2) is 14.7. The van der Waals surface area contributed by atoms with Gasteiger partial charge in [-0.1, -0.05) is 85.5 Å². The summed E-state index contributed by atoms with van der Waals surface area (Å²) in [6.07, 6.45) is 8.19. The van der Waals surface area contributed by atoms with Crippen LogP contribution < -0.4 is 11.1 Å². The fraction of sp³-hybridized carbons (Fsp3) is 0.897. The predicted octanol–water partition coefficient (Wildman–Crippen LogP) is 5.92. The highest BCUT2D eigenvalue weighted by Crippen LogP contribution is 2.73. The van der Waals surface area contributed by atoms with Gasteiger partial charge in [-0.05, 0) is 103 Å². The molecule has 1 heterocycles. The van der Waals surface area contributed by atoms with Gasteiger partial charge in [0, 0.05) is 17.5 Å². The second-order valence-electron chi connectivity index (χ2n) is 18.4. The highest BCUT2D eigenvalue weighted by atomic mass is 16.5. The number of tetrazole rings is 1. The van der Waals surface area contributed by atoms with Crippen LogP contribution in [0.15, 0.2) is 11.6 Å². The van der Waals surface area contributed by atoms with E-state index < -0.39 is 28.3 Å². The van der Waals surface area contributed by atoms with Crippen molar-refractivity contribution in [1.82, 2.24) is 25.5 Å². The maximum absolute atomic E-state index is 13.4. The summed E-state index contributed by atoms with van der Waals surface area (Å²) in [4.78, 5) is 15.0. The number of fused-ring (bicyclic) bond motifs is 3. The van der Waals surface area contributed by atoms with E-state index in [0.717, 1.165) is 32.1 Å². The van der Waals surface area contributed by atoms with Gasteiger partial charge in [0.2, 0.25) is 0 Å². The number of nitrogens with one attached hydrogen (secondary N) is 1. The van der Waals surface area contributed by atoms with Crippen molar-refractivity contribution in [3.8, 4) is 0 Å². The fourth-order valence-electron chi connectivity index (χ4n) is 11.1. The van der Waals surface area contributed by atoms with Crippen LogP contribution in [-0.4, -0.2) is 80.0 Å². The molecule has 0 aromatic carbocycles. The van der Waals surface area contributed by atoms with Gasteiger partial charge < -0.3 is 31.1 Å². The van der Waals surface area contributed by atoms with Crippen LogP contribution in [0.1, 0.15) is 121 Å². The second-order valence-corrected chi connectivity index (χ2v) is 18.4. The number of hydrogen-bond donors (Lipinski definition) is 5. The van der Waals surface area contributed by atoms with Gasteiger partial charge in [-0.3, -0.25) is 4.79 Å². The molecule has 3 aliphatic carbocycles. The Morgan fingerprint density at radius 3 is 2.30 bits per heavy atom. The van der Waals surface area contributed by atoms with Crippen LogP contribution in [0.5, 0.6) is 0 Å². The van der Waals surface area contributed by atoms with E-state index in [0.29, 0.717) is 31.9 Å². The predicted molar refractivity (Wildman–Crippen MR) is 197 cm³/mol. The summed E-state index contributed by atoms with van der Waals surface area (Å²) >= 11 is 0. The third-order valence-electron chi connectivity index (χ3n) is 15.2. The fourth-order valence-corrected chi connectivity index (χ4v) is 11.1. The Hall–Kier alpha value is -2.08. The molecule has 1 unspecified atom stereocenters. The molecule has 6 N–H and O–H groups in total. The Balaban J connectivity index is 1.80. The minimum absolute atomic E-state index is 0.0351. The molecule has 10 atom stereocenters. The van der Waals surface area contributed by atoms with Crippen molar-refractivity contribution >= 4 is 11.9 Å². The first kappa shape index (κ1) is 40.7. The van der Waals surface area contributed by atoms with Gasteiger partial charge in [0.15, 0.2) is 0 Å². The zero-order valence-corrected chi connectivity index (χ0v) is 33.1. The van der Waals surface area contributed by atoms with E-state index >= 15 is 0 Å². The van der Waals surface area contributed by atoms with Crippen molar-refractivity contribution in [1.29, 1.82) is 0 Å². The molecule has 1 aromatic heterocycles. The summed E-state index contributed by atoms with van der Waals surface area (Å²) in [6, 6.07) is 0. The number of nitrogen functional groups attached to an aromatic ring is 1. The van der Waals surface area contributed by atoms with Crippen molar-refractivity contribution in [2.24, 2.45) is 57.2 Å². The number of nitrogens with two attached hydrogens (primary N) is 1. The van der Waals surface area contributed by atoms with E-state index in [-0.39, 0.29) is 65.8 Å². The highest BCUT2D eigenvalue weighted by Gasteiger charge is 2.68. The number of nitrogens with zero attached hydrogens (tertiary/aromatic N) is 4. The Kier molecular flexibility index (Phi) is 12.0. The molecule has 0 saturated heterocycles. The van der Waals surface area contributed by atoms with Crippen LogP contribution in [0.2, 0.25) is 0 Å². The summed E-state index contributed by atoms with van der Waals surface area (Å²) in [7, 11) is 0. The van der Waals surface area contributed by atoms with Gasteiger partial charge in [-0.2, -0.15) is 4.80 Å². The zero-order chi connectivity index (χ0) is 37.5. The van der Waals surface area contributed by atoms with Crippen molar-refractivity contribution in [3.63, 3.8) is 0 Å². The first-order valence-corrected chi connectivity index (χ1v) is 19.3. The minimum Gasteiger partial charge on any atom is -0.481 e. The van der Waals surface area contributed by atoms with E-state index in [9.17, 15) is 20.1 Å². The van der Waals surface area contributed by atoms with Crippen molar-refractivity contribution in [2.75, 3.05) is 38.7 Å². The van der Waals surface area contributed by atoms with E-state index in [2.05, 4.69) is 103 Å². The molecule has 2 saturated carbocycles. The molecule has 4 rings (SSSR count). The largest absolute Gasteiger partial charge is 0.481 e. The third-order valence-corrected chi connectivity index (χ3v) is 15.2. The maximum Gasteiger partial charge on any atom is 0.307 e. The molecule has 2 fully saturated rings. The topological polar surface area (TPSA) is 169 Å². The number of hydrogen-bond acceptors (Lipinski definition) is 9. The number of allylic oxidation sites excluding steroid dienone is 1. The van der Waals surface area contributed by atoms with Crippen molar-refractivity contribution in [2.45, 2.75) is 132 Å². The first-order valence-electron chi connectivity index (χ1n) is 19.3. The molecule has 0 amide bonds. The van der Waals surface area contributed by atoms with E-state index in [1.165, 1.54) is 5.57 Å². The van der Waals surface area contributed by atoms with Crippen LogP contribution in [-0.2, 0) is 15.1 Å². The molecule has 0 radical (unpaired) electrons. The molecule has 0 bridgehead atoms. The van der Waals surface area contributed by atoms with Crippen LogP contribution in [0.4, 0.5) is 5.95 Å². The van der Waals surface area contributed by atoms with Gasteiger partial charge in [0.25, 0.3) is 5.95 Å². The summed E-state index contributed by atoms with van der Waals surface area (Å²) in [5.41, 5.74) is 4.53. The number of aliphatic hydroxyl groups is 2. The standard InChI is InChI=1S/C39H70N6O5/c1-12-28-13-14-29-30(15-16-37(10)31(32(48)49)35(8,27(6)25(2)3)17-18-36(29,37)9)39(28,22-47)21-34(7,45-43-33(40)42-44-45)23-50-24-38(11,26(4)5)41-19-20-46/h15,25-29,31,41,46-47H,12-14,16-24H2,1-11H3,(H2,40,43)(H,48,49)/t27-,28-,29+,31-,34?,35-,36-,37+,38+,39-/m1/s1. The van der Waals surface area contributed by atoms with E-state index in [4.69, 9.17) is 10.5 Å². The van der Waals surface area contributed by atoms with Gasteiger partial charge in [0.1, 0.15) is 5.54 Å². The first-order chi connectivity index (χ1) is 23.2. The molecule has 286 valence electrons. The lowest BCUT2D eigenvalue weighted by Crippen LogP contribution is -2.64. The maximum atomic E-state index is 13.4. The van der Waals surface area contributed by atoms with Crippen LogP contribution >= 0.6 is 0 Å². The Morgan fingerprint density at radius 1 is 1.10 bits per heavy atom. The smallest absolute Gasteiger partial charge is 0.307 e. The summed E-state index contributed by atoms with van der Waals surface area (Å²) in [6.45, 7) is 25.4. The van der Waals surface area contributed by atoms with Gasteiger partial charge in [-0.25, -0.2) is 0 Å². The molecule has 11 heteroatoms. The average Bonchev–Trinajstić information content (AvgIpc) is 3.50. The van der Waals surface area contributed by atoms with Gasteiger partial charge in [-0.15, -0.1) is 5.10 Å². The lowest BCUT2D eigenvalue weighted by molar-refractivity contribution is -0.195. The number of carboxylic acid groups (broad SMARTS) is 1. The van der Waals surface area contributed by atoms with Crippen molar-refractivity contribution in [3.05, 3.63) is 11.6 Å². The SMILES string of the molecule is CC[C@@H]1CC[C@H]2C(=CC[C@@]3(C)[C@H](C(=O)O)[C@@](C)([C@H](C)C(C)C)CC[C@]23C)[C@@]1(CO)CC(C)(COC[C@](C)(NCCO)C(C)C)n1nnc(N)n1. The number of aliphatic hydroxyl groups excluding tert-OH is 2. The molecule has 3 aliphatic rings. The lowest BCUT2D eigenvalue weighted by Gasteiger charge is -2.68. The zero-order valence-electron chi connectivity index (χ0n) is 33.1. The number of anilines is 1. The number of rotatable bonds is 16. The number of carbonyl (C=O) groups is 1. The Bertz CT molecular complexity index is 1370. The monoisotopic (exact) mass is 703 g/mol. The Labute approximate surface area is 301 Å². The van der Waals surface area contributed by atoms with E-state index in [1.807, 2.05) is 0 Å².